The van der Waals surface area contributed by atoms with E-state index in [-0.39, 0.29) is 39.7 Å². The van der Waals surface area contributed by atoms with Crippen LogP contribution < -0.4 is 15.0 Å². The SMILES string of the molecule is C#Cc1c(F)ccc2cc(O)cc(-c3c(C(C)C)cc4c(N5CC6CCC(C5)N6)nc(OCC5(CN6CC(F)C6)CC5)nc4c3F)c12. The first-order valence-corrected chi connectivity index (χ1v) is 16.6. The molecule has 2 unspecified atom stereocenters. The van der Waals surface area contributed by atoms with Crippen LogP contribution in [0.25, 0.3) is 32.8 Å². The molecule has 2 bridgehead atoms. The number of aromatic nitrogens is 2. The van der Waals surface area contributed by atoms with Gasteiger partial charge in [-0.1, -0.05) is 25.8 Å². The Kier molecular flexibility index (Phi) is 7.26. The number of phenolic OH excluding ortho intramolecular Hbond substituents is 1. The minimum absolute atomic E-state index is 0.00593. The summed E-state index contributed by atoms with van der Waals surface area (Å²) in [4.78, 5) is 13.9. The number of phenols is 1. The minimum Gasteiger partial charge on any atom is -0.508 e. The summed E-state index contributed by atoms with van der Waals surface area (Å²) in [5, 5.41) is 15.8. The monoisotopic (exact) mass is 641 g/mol. The van der Waals surface area contributed by atoms with Crippen LogP contribution in [0.3, 0.4) is 0 Å². The number of fused-ring (bicyclic) bond motifs is 4. The van der Waals surface area contributed by atoms with Crippen molar-refractivity contribution in [1.29, 1.82) is 0 Å². The maximum absolute atomic E-state index is 17.4. The summed E-state index contributed by atoms with van der Waals surface area (Å²) in [6, 6.07) is 8.41. The molecule has 4 aromatic rings. The molecular formula is C37H38F3N5O2. The number of benzene rings is 3. The number of nitrogens with one attached hydrogen (secondary N) is 1. The lowest BCUT2D eigenvalue weighted by Gasteiger charge is -2.37. The summed E-state index contributed by atoms with van der Waals surface area (Å²) in [5.74, 6) is 1.64. The van der Waals surface area contributed by atoms with Gasteiger partial charge in [-0.05, 0) is 72.4 Å². The first-order valence-electron chi connectivity index (χ1n) is 16.6. The molecular weight excluding hydrogens is 603 g/mol. The number of hydrogen-bond acceptors (Lipinski definition) is 7. The Bertz CT molecular complexity index is 1940. The molecule has 1 aromatic heterocycles. The van der Waals surface area contributed by atoms with E-state index in [1.807, 2.05) is 19.9 Å². The molecule has 3 aromatic carbocycles. The van der Waals surface area contributed by atoms with Gasteiger partial charge in [-0.2, -0.15) is 9.97 Å². The number of ether oxygens (including phenoxy) is 1. The van der Waals surface area contributed by atoms with Crippen LogP contribution in [0.5, 0.6) is 11.8 Å². The molecule has 4 aliphatic rings. The van der Waals surface area contributed by atoms with Crippen LogP contribution in [0.4, 0.5) is 19.0 Å². The van der Waals surface area contributed by atoms with Crippen molar-refractivity contribution in [2.24, 2.45) is 5.41 Å². The van der Waals surface area contributed by atoms with Gasteiger partial charge in [0.1, 0.15) is 29.1 Å². The van der Waals surface area contributed by atoms with Crippen molar-refractivity contribution >= 4 is 27.5 Å². The van der Waals surface area contributed by atoms with Crippen molar-refractivity contribution in [3.63, 3.8) is 0 Å². The zero-order valence-corrected chi connectivity index (χ0v) is 26.6. The van der Waals surface area contributed by atoms with E-state index in [1.54, 1.807) is 0 Å². The molecule has 2 N–H and O–H groups in total. The van der Waals surface area contributed by atoms with Gasteiger partial charge in [0.25, 0.3) is 0 Å². The van der Waals surface area contributed by atoms with Gasteiger partial charge in [0.05, 0.1) is 12.2 Å². The lowest BCUT2D eigenvalue weighted by atomic mass is 9.86. The van der Waals surface area contributed by atoms with Gasteiger partial charge in [-0.3, -0.25) is 4.90 Å². The summed E-state index contributed by atoms with van der Waals surface area (Å²) in [7, 11) is 0. The highest BCUT2D eigenvalue weighted by Gasteiger charge is 2.47. The number of terminal acetylenes is 1. The summed E-state index contributed by atoms with van der Waals surface area (Å²) in [5.41, 5.74) is 1.20. The van der Waals surface area contributed by atoms with Crippen molar-refractivity contribution in [1.82, 2.24) is 20.2 Å². The molecule has 1 aliphatic carbocycles. The molecule has 1 saturated carbocycles. The number of likely N-dealkylation sites (tertiary alicyclic amines) is 1. The van der Waals surface area contributed by atoms with E-state index in [2.05, 4.69) is 26.0 Å². The van der Waals surface area contributed by atoms with Crippen LogP contribution in [0, 0.1) is 29.4 Å². The van der Waals surface area contributed by atoms with Crippen molar-refractivity contribution in [2.75, 3.05) is 44.2 Å². The number of alkyl halides is 1. The van der Waals surface area contributed by atoms with Gasteiger partial charge >= 0.3 is 6.01 Å². The third-order valence-corrected chi connectivity index (χ3v) is 10.5. The Balaban J connectivity index is 1.30. The molecule has 4 fully saturated rings. The Labute approximate surface area is 272 Å². The van der Waals surface area contributed by atoms with Crippen molar-refractivity contribution in [3.05, 3.63) is 53.1 Å². The number of halogens is 3. The molecule has 10 heteroatoms. The van der Waals surface area contributed by atoms with Gasteiger partial charge < -0.3 is 20.1 Å². The number of nitrogens with zero attached hydrogens (tertiary/aromatic N) is 4. The molecule has 4 heterocycles. The summed E-state index contributed by atoms with van der Waals surface area (Å²) < 4.78 is 52.2. The van der Waals surface area contributed by atoms with E-state index in [1.165, 1.54) is 24.3 Å². The van der Waals surface area contributed by atoms with Crippen LogP contribution in [0.1, 0.15) is 56.6 Å². The number of hydrogen-bond donors (Lipinski definition) is 2. The van der Waals surface area contributed by atoms with Crippen molar-refractivity contribution in [3.8, 4) is 35.2 Å². The normalized spacial score (nSPS) is 22.2. The van der Waals surface area contributed by atoms with Crippen LogP contribution in [-0.2, 0) is 0 Å². The standard InChI is InChI=1S/C37H38F3N5O2/c1-4-26-30(39)8-5-21-11-25(46)12-28(31(21)26)32-27(20(2)3)13-29-34(33(32)40)42-36(43-35(29)45-16-23-6-7-24(17-45)41-23)47-19-37(9-10-37)18-44-14-22(38)15-44/h1,5,8,11-13,20,22-24,41,46H,6-7,9-10,14-19H2,2-3H3. The first-order chi connectivity index (χ1) is 22.6. The van der Waals surface area contributed by atoms with E-state index in [0.717, 1.165) is 45.3 Å². The van der Waals surface area contributed by atoms with Gasteiger partial charge in [0.15, 0.2) is 5.82 Å². The molecule has 3 saturated heterocycles. The fraction of sp³-hybridized carbons (Fsp3) is 0.459. The number of piperazine rings is 1. The quantitative estimate of drug-likeness (QED) is 0.219. The fourth-order valence-electron chi connectivity index (χ4n) is 7.83. The molecule has 47 heavy (non-hydrogen) atoms. The highest BCUT2D eigenvalue weighted by molar-refractivity contribution is 6.05. The highest BCUT2D eigenvalue weighted by Crippen LogP contribution is 2.48. The average Bonchev–Trinajstić information content (AvgIpc) is 3.72. The topological polar surface area (TPSA) is 73.8 Å². The van der Waals surface area contributed by atoms with Gasteiger partial charge in [-0.15, -0.1) is 6.42 Å². The highest BCUT2D eigenvalue weighted by atomic mass is 19.1. The van der Waals surface area contributed by atoms with Crippen molar-refractivity contribution in [2.45, 2.75) is 63.7 Å². The largest absolute Gasteiger partial charge is 0.508 e. The second-order valence-electron chi connectivity index (χ2n) is 14.3. The fourth-order valence-corrected chi connectivity index (χ4v) is 7.83. The molecule has 244 valence electrons. The molecule has 8 rings (SSSR count). The first kappa shape index (κ1) is 30.3. The van der Waals surface area contributed by atoms with Crippen LogP contribution in [0.15, 0.2) is 30.3 Å². The van der Waals surface area contributed by atoms with E-state index in [0.29, 0.717) is 64.9 Å². The van der Waals surface area contributed by atoms with Crippen LogP contribution in [-0.4, -0.2) is 77.6 Å². The number of rotatable bonds is 8. The smallest absolute Gasteiger partial charge is 0.319 e. The predicted molar refractivity (Wildman–Crippen MR) is 177 cm³/mol. The second kappa shape index (κ2) is 11.3. The second-order valence-corrected chi connectivity index (χ2v) is 14.3. The molecule has 2 atom stereocenters. The third-order valence-electron chi connectivity index (χ3n) is 10.5. The summed E-state index contributed by atoms with van der Waals surface area (Å²) >= 11 is 0. The lowest BCUT2D eigenvalue weighted by molar-refractivity contribution is 0.0370. The maximum atomic E-state index is 17.4. The number of anilines is 1. The molecule has 0 radical (unpaired) electrons. The number of aromatic hydroxyl groups is 1. The third kappa shape index (κ3) is 5.34. The van der Waals surface area contributed by atoms with E-state index in [9.17, 15) is 9.50 Å². The van der Waals surface area contributed by atoms with Gasteiger partial charge in [0, 0.05) is 66.6 Å². The Morgan fingerprint density at radius 1 is 1.09 bits per heavy atom. The average molecular weight is 642 g/mol. The van der Waals surface area contributed by atoms with E-state index < -0.39 is 17.8 Å². The molecule has 3 aliphatic heterocycles. The maximum Gasteiger partial charge on any atom is 0.319 e. The minimum atomic E-state index is -0.767. The van der Waals surface area contributed by atoms with E-state index in [4.69, 9.17) is 16.1 Å². The molecule has 0 spiro atoms. The van der Waals surface area contributed by atoms with E-state index >= 15 is 8.78 Å². The summed E-state index contributed by atoms with van der Waals surface area (Å²) in [6.45, 7) is 7.41. The Hall–Kier alpha value is -4.07. The predicted octanol–water partition coefficient (Wildman–Crippen LogP) is 6.29. The molecule has 0 amide bonds. The Morgan fingerprint density at radius 2 is 1.83 bits per heavy atom. The zero-order chi connectivity index (χ0) is 32.6. The summed E-state index contributed by atoms with van der Waals surface area (Å²) in [6.07, 6.45) is 9.10. The zero-order valence-electron chi connectivity index (χ0n) is 26.6. The van der Waals surface area contributed by atoms with Gasteiger partial charge in [-0.25, -0.2) is 13.2 Å². The van der Waals surface area contributed by atoms with Gasteiger partial charge in [0.2, 0.25) is 0 Å². The molecule has 7 nitrogen and oxygen atoms in total. The van der Waals surface area contributed by atoms with Crippen LogP contribution in [0.2, 0.25) is 0 Å². The Morgan fingerprint density at radius 3 is 2.49 bits per heavy atom. The van der Waals surface area contributed by atoms with Crippen LogP contribution >= 0.6 is 0 Å². The van der Waals surface area contributed by atoms with Crippen molar-refractivity contribution < 1.29 is 23.0 Å². The lowest BCUT2D eigenvalue weighted by Crippen LogP contribution is -2.51.